The number of rotatable bonds is 9. The monoisotopic (exact) mass is 399 g/mol. The molecule has 0 unspecified atom stereocenters. The van der Waals surface area contributed by atoms with Gasteiger partial charge in [-0.2, -0.15) is 0 Å². The van der Waals surface area contributed by atoms with Crippen molar-refractivity contribution in [2.45, 2.75) is 47.6 Å². The van der Waals surface area contributed by atoms with Gasteiger partial charge in [0, 0.05) is 36.6 Å². The van der Waals surface area contributed by atoms with Crippen molar-refractivity contribution in [3.63, 3.8) is 0 Å². The second kappa shape index (κ2) is 10.0. The van der Waals surface area contributed by atoms with Crippen LogP contribution in [0.2, 0.25) is 0 Å². The van der Waals surface area contributed by atoms with E-state index in [1.165, 1.54) is 0 Å². The Balaban J connectivity index is 2.27. The molecule has 2 rings (SSSR count). The van der Waals surface area contributed by atoms with Gasteiger partial charge in [-0.3, -0.25) is 14.6 Å². The highest BCUT2D eigenvalue weighted by molar-refractivity contribution is 6.04. The van der Waals surface area contributed by atoms with Crippen molar-refractivity contribution in [3.05, 3.63) is 52.6 Å². The number of Topliss-reactive ketones (excluding diaryl/α,β-unsaturated/α-hetero) is 1. The molecule has 0 fully saturated rings. The van der Waals surface area contributed by atoms with Crippen molar-refractivity contribution in [1.29, 1.82) is 0 Å². The van der Waals surface area contributed by atoms with Gasteiger partial charge in [-0.1, -0.05) is 13.8 Å². The summed E-state index contributed by atoms with van der Waals surface area (Å²) in [7, 11) is 0. The summed E-state index contributed by atoms with van der Waals surface area (Å²) in [6.45, 7) is 9.64. The maximum absolute atomic E-state index is 13.1. The summed E-state index contributed by atoms with van der Waals surface area (Å²) < 4.78 is 5.05. The van der Waals surface area contributed by atoms with E-state index in [2.05, 4.69) is 9.97 Å². The Morgan fingerprint density at radius 1 is 1.17 bits per heavy atom. The molecular weight excluding hydrogens is 370 g/mol. The van der Waals surface area contributed by atoms with E-state index in [-0.39, 0.29) is 36.5 Å². The lowest BCUT2D eigenvalue weighted by Gasteiger charge is -2.23. The van der Waals surface area contributed by atoms with Crippen LogP contribution in [0.15, 0.2) is 24.5 Å². The van der Waals surface area contributed by atoms with Crippen molar-refractivity contribution in [2.75, 3.05) is 13.2 Å². The largest absolute Gasteiger partial charge is 0.461 e. The van der Waals surface area contributed by atoms with Crippen LogP contribution in [0.1, 0.15) is 64.9 Å². The Morgan fingerprint density at radius 3 is 2.41 bits per heavy atom. The van der Waals surface area contributed by atoms with Crippen LogP contribution >= 0.6 is 0 Å². The van der Waals surface area contributed by atoms with Crippen LogP contribution in [0, 0.1) is 19.8 Å². The quantitative estimate of drug-likeness (QED) is 0.515. The maximum Gasteiger partial charge on any atom is 0.355 e. The number of carbonyl (C=O) groups is 3. The molecule has 7 nitrogen and oxygen atoms in total. The van der Waals surface area contributed by atoms with E-state index >= 15 is 0 Å². The van der Waals surface area contributed by atoms with Gasteiger partial charge in [-0.15, -0.1) is 0 Å². The first-order valence-electron chi connectivity index (χ1n) is 9.80. The molecule has 0 saturated heterocycles. The van der Waals surface area contributed by atoms with E-state index in [0.717, 1.165) is 5.56 Å². The smallest absolute Gasteiger partial charge is 0.355 e. The fourth-order valence-corrected chi connectivity index (χ4v) is 3.25. The molecule has 0 spiro atoms. The first kappa shape index (κ1) is 22.3. The number of amides is 1. The SMILES string of the molecule is CCOC(=O)c1[nH]c(C)c(C(=O)CN(Cc2ccncc2)C(=O)CC(C)C)c1C. The molecule has 2 heterocycles. The molecule has 0 aromatic carbocycles. The lowest BCUT2D eigenvalue weighted by Crippen LogP contribution is -2.36. The highest BCUT2D eigenvalue weighted by atomic mass is 16.5. The van der Waals surface area contributed by atoms with Crippen LogP contribution < -0.4 is 0 Å². The van der Waals surface area contributed by atoms with E-state index in [4.69, 9.17) is 4.74 Å². The number of nitrogens with one attached hydrogen (secondary N) is 1. The zero-order valence-corrected chi connectivity index (χ0v) is 17.7. The second-order valence-corrected chi connectivity index (χ2v) is 7.47. The van der Waals surface area contributed by atoms with Crippen LogP contribution in [-0.4, -0.2) is 45.7 Å². The second-order valence-electron chi connectivity index (χ2n) is 7.47. The summed E-state index contributed by atoms with van der Waals surface area (Å²) >= 11 is 0. The lowest BCUT2D eigenvalue weighted by atomic mass is 10.0. The first-order chi connectivity index (χ1) is 13.7. The van der Waals surface area contributed by atoms with Gasteiger partial charge in [-0.05, 0) is 49.9 Å². The third-order valence-electron chi connectivity index (χ3n) is 4.59. The number of ketones is 1. The molecule has 29 heavy (non-hydrogen) atoms. The van der Waals surface area contributed by atoms with Gasteiger partial charge in [0.15, 0.2) is 5.78 Å². The molecule has 1 N–H and O–H groups in total. The Bertz CT molecular complexity index is 872. The molecule has 2 aromatic rings. The summed E-state index contributed by atoms with van der Waals surface area (Å²) in [6.07, 6.45) is 3.68. The van der Waals surface area contributed by atoms with Crippen molar-refractivity contribution in [1.82, 2.24) is 14.9 Å². The molecule has 0 atom stereocenters. The van der Waals surface area contributed by atoms with E-state index in [0.29, 0.717) is 29.8 Å². The van der Waals surface area contributed by atoms with Crippen LogP contribution in [0.5, 0.6) is 0 Å². The summed E-state index contributed by atoms with van der Waals surface area (Å²) in [4.78, 5) is 46.5. The molecule has 0 aliphatic heterocycles. The number of pyridine rings is 1. The lowest BCUT2D eigenvalue weighted by molar-refractivity contribution is -0.132. The molecule has 0 bridgehead atoms. The minimum atomic E-state index is -0.489. The normalized spacial score (nSPS) is 10.8. The third-order valence-corrected chi connectivity index (χ3v) is 4.59. The number of esters is 1. The van der Waals surface area contributed by atoms with Crippen molar-refractivity contribution in [2.24, 2.45) is 5.92 Å². The number of carbonyl (C=O) groups excluding carboxylic acids is 3. The predicted molar refractivity (Wildman–Crippen MR) is 110 cm³/mol. The molecular formula is C22H29N3O4. The topological polar surface area (TPSA) is 92.4 Å². The van der Waals surface area contributed by atoms with Gasteiger partial charge < -0.3 is 14.6 Å². The number of aromatic amines is 1. The molecule has 156 valence electrons. The van der Waals surface area contributed by atoms with Gasteiger partial charge in [0.25, 0.3) is 0 Å². The summed E-state index contributed by atoms with van der Waals surface area (Å²) in [5.41, 5.74) is 2.76. The summed E-state index contributed by atoms with van der Waals surface area (Å²) in [5, 5.41) is 0. The number of ether oxygens (including phenoxy) is 1. The van der Waals surface area contributed by atoms with Crippen molar-refractivity contribution < 1.29 is 19.1 Å². The van der Waals surface area contributed by atoms with E-state index in [1.54, 1.807) is 38.1 Å². The summed E-state index contributed by atoms with van der Waals surface area (Å²) in [5.74, 6) is -0.597. The highest BCUT2D eigenvalue weighted by Gasteiger charge is 2.26. The first-order valence-corrected chi connectivity index (χ1v) is 9.80. The molecule has 0 aliphatic rings. The Hall–Kier alpha value is -2.96. The number of nitrogens with zero attached hydrogens (tertiary/aromatic N) is 2. The average molecular weight is 399 g/mol. The number of hydrogen-bond acceptors (Lipinski definition) is 5. The predicted octanol–water partition coefficient (Wildman–Crippen LogP) is 3.46. The van der Waals surface area contributed by atoms with Gasteiger partial charge in [0.05, 0.1) is 13.2 Å². The van der Waals surface area contributed by atoms with Crippen LogP contribution in [0.3, 0.4) is 0 Å². The number of aryl methyl sites for hydroxylation is 1. The van der Waals surface area contributed by atoms with Gasteiger partial charge in [0.2, 0.25) is 5.91 Å². The zero-order chi connectivity index (χ0) is 21.6. The Kier molecular flexibility index (Phi) is 7.70. The number of hydrogen-bond donors (Lipinski definition) is 1. The Labute approximate surface area is 171 Å². The molecule has 0 aliphatic carbocycles. The fraction of sp³-hybridized carbons (Fsp3) is 0.455. The van der Waals surface area contributed by atoms with Gasteiger partial charge in [0.1, 0.15) is 5.69 Å². The molecule has 2 aromatic heterocycles. The Morgan fingerprint density at radius 2 is 1.83 bits per heavy atom. The van der Waals surface area contributed by atoms with Crippen LogP contribution in [-0.2, 0) is 16.1 Å². The minimum Gasteiger partial charge on any atom is -0.461 e. The van der Waals surface area contributed by atoms with Gasteiger partial charge >= 0.3 is 5.97 Å². The molecule has 7 heteroatoms. The van der Waals surface area contributed by atoms with Gasteiger partial charge in [-0.25, -0.2) is 4.79 Å². The molecule has 1 amide bonds. The fourth-order valence-electron chi connectivity index (χ4n) is 3.25. The molecule has 0 saturated carbocycles. The average Bonchev–Trinajstić information content (AvgIpc) is 2.96. The van der Waals surface area contributed by atoms with Crippen molar-refractivity contribution in [3.8, 4) is 0 Å². The van der Waals surface area contributed by atoms with E-state index < -0.39 is 5.97 Å². The van der Waals surface area contributed by atoms with Crippen molar-refractivity contribution >= 4 is 17.7 Å². The number of H-pyrrole nitrogens is 1. The van der Waals surface area contributed by atoms with E-state index in [1.807, 2.05) is 26.0 Å². The summed E-state index contributed by atoms with van der Waals surface area (Å²) in [6, 6.07) is 3.65. The standard InChI is InChI=1S/C22H29N3O4/c1-6-29-22(28)21-15(4)20(16(5)24-21)18(26)13-25(19(27)11-14(2)3)12-17-7-9-23-10-8-17/h7-10,14,24H,6,11-13H2,1-5H3. The van der Waals surface area contributed by atoms with Crippen LogP contribution in [0.25, 0.3) is 0 Å². The van der Waals surface area contributed by atoms with E-state index in [9.17, 15) is 14.4 Å². The number of aromatic nitrogens is 2. The van der Waals surface area contributed by atoms with Crippen LogP contribution in [0.4, 0.5) is 0 Å². The maximum atomic E-state index is 13.1. The highest BCUT2D eigenvalue weighted by Crippen LogP contribution is 2.21. The molecule has 0 radical (unpaired) electrons. The third kappa shape index (κ3) is 5.76. The zero-order valence-electron chi connectivity index (χ0n) is 17.7. The minimum absolute atomic E-state index is 0.0598.